The molecule has 0 saturated heterocycles. The highest BCUT2D eigenvalue weighted by Crippen LogP contribution is 2.27. The first-order valence-electron chi connectivity index (χ1n) is 1.81. The molecule has 0 aliphatic carbocycles. The maximum atomic E-state index is 9.87. The molecule has 0 bridgehead atoms. The van der Waals surface area contributed by atoms with Crippen molar-refractivity contribution in [3.05, 3.63) is 0 Å². The Kier molecular flexibility index (Phi) is 3.08. The van der Waals surface area contributed by atoms with Crippen LogP contribution >= 0.6 is 37.9 Å². The van der Waals surface area contributed by atoms with E-state index < -0.39 is 9.38 Å². The molecular weight excluding hydrogens is 164 g/mol. The molecule has 0 fully saturated rings. The van der Waals surface area contributed by atoms with Crippen LogP contribution in [0, 0.1) is 0 Å². The second kappa shape index (κ2) is 2.89. The van der Waals surface area contributed by atoms with Crippen molar-refractivity contribution in [2.45, 2.75) is 9.83 Å². The fraction of sp³-hybridized carbons (Fsp3) is 0.667. The van der Waals surface area contributed by atoms with Crippen molar-refractivity contribution >= 4 is 43.9 Å². The van der Waals surface area contributed by atoms with Crippen molar-refractivity contribution in [3.63, 3.8) is 0 Å². The van der Waals surface area contributed by atoms with E-state index in [9.17, 15) is 4.79 Å². The number of carboxylic acids is 1. The zero-order chi connectivity index (χ0) is 6.78. The van der Waals surface area contributed by atoms with Gasteiger partial charge in [-0.15, -0.1) is 0 Å². The van der Waals surface area contributed by atoms with Gasteiger partial charge in [0.25, 0.3) is 0 Å². The van der Waals surface area contributed by atoms with E-state index in [2.05, 4.69) is 37.9 Å². The van der Waals surface area contributed by atoms with Crippen molar-refractivity contribution in [1.82, 2.24) is 0 Å². The topological polar surface area (TPSA) is 37.3 Å². The molecule has 0 heterocycles. The van der Waals surface area contributed by atoms with E-state index in [4.69, 9.17) is 5.11 Å². The van der Waals surface area contributed by atoms with Gasteiger partial charge in [-0.25, -0.2) is 0 Å². The molecule has 0 aromatic heterocycles. The van der Waals surface area contributed by atoms with Gasteiger partial charge in [-0.05, 0) is 0 Å². The summed E-state index contributed by atoms with van der Waals surface area (Å²) < 4.78 is -0.994. The molecule has 1 N–H and O–H groups in total. The minimum Gasteiger partial charge on any atom is -0.481 e. The normalized spacial score (nSPS) is 11.4. The fourth-order valence-electron chi connectivity index (χ4n) is 0.203. The molecule has 0 radical (unpaired) electrons. The molecular formula is C3H6O2S3. The average molecular weight is 170 g/mol. The highest BCUT2D eigenvalue weighted by Gasteiger charge is 2.17. The molecule has 0 unspecified atom stereocenters. The Hall–Kier alpha value is 0.520. The van der Waals surface area contributed by atoms with Gasteiger partial charge in [0, 0.05) is 0 Å². The molecule has 0 aliphatic heterocycles. The minimum atomic E-state index is -0.994. The average Bonchev–Trinajstić information content (AvgIpc) is 1.21. The summed E-state index contributed by atoms with van der Waals surface area (Å²) in [6.45, 7) is 0. The van der Waals surface area contributed by atoms with Gasteiger partial charge in [0.05, 0.1) is 6.42 Å². The summed E-state index contributed by atoms with van der Waals surface area (Å²) in [6, 6.07) is 0. The molecule has 2 nitrogen and oxygen atoms in total. The van der Waals surface area contributed by atoms with Crippen LogP contribution in [-0.4, -0.2) is 14.5 Å². The predicted octanol–water partition coefficient (Wildman–Crippen LogP) is 0.904. The number of hydrogen-bond acceptors (Lipinski definition) is 4. The SMILES string of the molecule is O=C(O)CC(S)(S)S. The van der Waals surface area contributed by atoms with Crippen LogP contribution in [0.1, 0.15) is 6.42 Å². The van der Waals surface area contributed by atoms with Gasteiger partial charge < -0.3 is 5.11 Å². The van der Waals surface area contributed by atoms with Gasteiger partial charge in [-0.3, -0.25) is 4.79 Å². The van der Waals surface area contributed by atoms with E-state index in [1.165, 1.54) is 0 Å². The molecule has 0 aliphatic rings. The van der Waals surface area contributed by atoms with Crippen molar-refractivity contribution in [1.29, 1.82) is 0 Å². The van der Waals surface area contributed by atoms with Crippen LogP contribution in [0.15, 0.2) is 0 Å². The summed E-state index contributed by atoms with van der Waals surface area (Å²) in [6.07, 6.45) is -0.164. The smallest absolute Gasteiger partial charge is 0.306 e. The van der Waals surface area contributed by atoms with Crippen molar-refractivity contribution in [3.8, 4) is 0 Å². The maximum absolute atomic E-state index is 9.87. The van der Waals surface area contributed by atoms with E-state index >= 15 is 0 Å². The highest BCUT2D eigenvalue weighted by molar-refractivity contribution is 8.17. The maximum Gasteiger partial charge on any atom is 0.306 e. The zero-order valence-electron chi connectivity index (χ0n) is 3.90. The number of hydrogen-bond donors (Lipinski definition) is 4. The first-order chi connectivity index (χ1) is 3.42. The summed E-state index contributed by atoms with van der Waals surface area (Å²) >= 11 is 11.2. The summed E-state index contributed by atoms with van der Waals surface area (Å²) in [4.78, 5) is 9.87. The van der Waals surface area contributed by atoms with Crippen LogP contribution in [0.5, 0.6) is 0 Å². The molecule has 0 atom stereocenters. The second-order valence-corrected chi connectivity index (χ2v) is 4.69. The summed E-state index contributed by atoms with van der Waals surface area (Å²) in [7, 11) is 0. The molecule has 0 aromatic rings. The Morgan fingerprint density at radius 1 is 1.50 bits per heavy atom. The molecule has 0 amide bonds. The minimum absolute atomic E-state index is 0.164. The third-order valence-electron chi connectivity index (χ3n) is 0.388. The van der Waals surface area contributed by atoms with E-state index in [0.29, 0.717) is 0 Å². The largest absolute Gasteiger partial charge is 0.481 e. The molecule has 0 aromatic carbocycles. The van der Waals surface area contributed by atoms with Gasteiger partial charge in [0.15, 0.2) is 0 Å². The monoisotopic (exact) mass is 170 g/mol. The fourth-order valence-corrected chi connectivity index (χ4v) is 0.609. The van der Waals surface area contributed by atoms with Gasteiger partial charge in [0.1, 0.15) is 3.41 Å². The van der Waals surface area contributed by atoms with Crippen LogP contribution < -0.4 is 0 Å². The van der Waals surface area contributed by atoms with Gasteiger partial charge >= 0.3 is 5.97 Å². The standard InChI is InChI=1S/C3H6O2S3/c4-2(5)1-3(6,7)8/h6-8H,1H2,(H,4,5). The van der Waals surface area contributed by atoms with Crippen LogP contribution in [0.4, 0.5) is 0 Å². The Morgan fingerprint density at radius 3 is 1.88 bits per heavy atom. The first kappa shape index (κ1) is 8.52. The third kappa shape index (κ3) is 6.52. The third-order valence-corrected chi connectivity index (χ3v) is 0.863. The number of thiol groups is 3. The quantitative estimate of drug-likeness (QED) is 0.367. The number of rotatable bonds is 2. The highest BCUT2D eigenvalue weighted by atomic mass is 32.2. The summed E-state index contributed by atoms with van der Waals surface area (Å²) in [5, 5.41) is 8.10. The second-order valence-electron chi connectivity index (χ2n) is 1.34. The van der Waals surface area contributed by atoms with Crippen LogP contribution in [0.2, 0.25) is 0 Å². The molecule has 0 spiro atoms. The van der Waals surface area contributed by atoms with Crippen molar-refractivity contribution < 1.29 is 9.90 Å². The lowest BCUT2D eigenvalue weighted by Gasteiger charge is -2.09. The molecule has 0 rings (SSSR count). The Balaban J connectivity index is 3.55. The lowest BCUT2D eigenvalue weighted by atomic mass is 10.5. The van der Waals surface area contributed by atoms with E-state index in [-0.39, 0.29) is 6.42 Å². The van der Waals surface area contributed by atoms with Crippen LogP contribution in [0.3, 0.4) is 0 Å². The van der Waals surface area contributed by atoms with Crippen LogP contribution in [-0.2, 0) is 4.79 Å². The lowest BCUT2D eigenvalue weighted by Crippen LogP contribution is -2.10. The predicted molar refractivity (Wildman–Crippen MR) is 41.9 cm³/mol. The molecule has 0 saturated carbocycles. The number of carbonyl (C=O) groups is 1. The Bertz CT molecular complexity index is 95.2. The zero-order valence-corrected chi connectivity index (χ0v) is 6.59. The number of carboxylic acid groups (broad SMARTS) is 1. The lowest BCUT2D eigenvalue weighted by molar-refractivity contribution is -0.136. The summed E-state index contributed by atoms with van der Waals surface area (Å²) in [5.74, 6) is -0.954. The van der Waals surface area contributed by atoms with E-state index in [1.54, 1.807) is 0 Å². The van der Waals surface area contributed by atoms with Crippen molar-refractivity contribution in [2.24, 2.45) is 0 Å². The van der Waals surface area contributed by atoms with Gasteiger partial charge in [-0.1, -0.05) is 0 Å². The van der Waals surface area contributed by atoms with Crippen molar-refractivity contribution in [2.75, 3.05) is 0 Å². The molecule has 8 heavy (non-hydrogen) atoms. The van der Waals surface area contributed by atoms with E-state index in [1.807, 2.05) is 0 Å². The first-order valence-corrected chi connectivity index (χ1v) is 3.15. The Morgan fingerprint density at radius 2 is 1.88 bits per heavy atom. The summed E-state index contributed by atoms with van der Waals surface area (Å²) in [5.41, 5.74) is 0. The molecule has 5 heteroatoms. The molecule has 48 valence electrons. The number of aliphatic carboxylic acids is 1. The van der Waals surface area contributed by atoms with Gasteiger partial charge in [0.2, 0.25) is 0 Å². The van der Waals surface area contributed by atoms with Gasteiger partial charge in [-0.2, -0.15) is 37.9 Å². The van der Waals surface area contributed by atoms with E-state index in [0.717, 1.165) is 0 Å². The Labute approximate surface area is 63.9 Å². The van der Waals surface area contributed by atoms with Crippen LogP contribution in [0.25, 0.3) is 0 Å².